The van der Waals surface area contributed by atoms with E-state index in [9.17, 15) is 4.39 Å². The standard InChI is InChI=1S/C19H30FN3O3/c1-3-21-19(22-8-4-9-25-13-16-7-10-26-14-16)23-12-15-5-6-18(24-2)17(20)11-15/h5-6,11,16H,3-4,7-10,12-14H2,1-2H3,(H2,21,22,23). The third-order valence-electron chi connectivity index (χ3n) is 4.12. The summed E-state index contributed by atoms with van der Waals surface area (Å²) >= 11 is 0. The molecule has 2 rings (SSSR count). The molecule has 1 aromatic rings. The first-order valence-electron chi connectivity index (χ1n) is 9.23. The van der Waals surface area contributed by atoms with Gasteiger partial charge in [-0.15, -0.1) is 0 Å². The Bertz CT molecular complexity index is 563. The third kappa shape index (κ3) is 7.17. The molecule has 1 aliphatic heterocycles. The molecule has 1 aromatic carbocycles. The number of ether oxygens (including phenoxy) is 3. The monoisotopic (exact) mass is 367 g/mol. The van der Waals surface area contributed by atoms with Gasteiger partial charge in [0, 0.05) is 32.2 Å². The van der Waals surface area contributed by atoms with E-state index in [1.807, 2.05) is 13.0 Å². The molecule has 0 aromatic heterocycles. The highest BCUT2D eigenvalue weighted by Crippen LogP contribution is 2.18. The maximum absolute atomic E-state index is 13.7. The Kier molecular flexibility index (Phi) is 9.20. The van der Waals surface area contributed by atoms with Gasteiger partial charge in [-0.2, -0.15) is 0 Å². The highest BCUT2D eigenvalue weighted by molar-refractivity contribution is 5.79. The molecule has 1 fully saturated rings. The second-order valence-corrected chi connectivity index (χ2v) is 6.25. The second-order valence-electron chi connectivity index (χ2n) is 6.25. The van der Waals surface area contributed by atoms with Crippen LogP contribution in [-0.4, -0.2) is 52.6 Å². The van der Waals surface area contributed by atoms with Gasteiger partial charge in [-0.05, 0) is 37.5 Å². The van der Waals surface area contributed by atoms with Gasteiger partial charge in [-0.1, -0.05) is 6.07 Å². The second kappa shape index (κ2) is 11.7. The van der Waals surface area contributed by atoms with Crippen molar-refractivity contribution in [2.24, 2.45) is 10.9 Å². The largest absolute Gasteiger partial charge is 0.494 e. The van der Waals surface area contributed by atoms with Crippen molar-refractivity contribution >= 4 is 5.96 Å². The lowest BCUT2D eigenvalue weighted by Gasteiger charge is -2.12. The van der Waals surface area contributed by atoms with E-state index in [0.29, 0.717) is 25.0 Å². The van der Waals surface area contributed by atoms with Gasteiger partial charge in [0.15, 0.2) is 17.5 Å². The Balaban J connectivity index is 1.69. The predicted molar refractivity (Wildman–Crippen MR) is 100 cm³/mol. The van der Waals surface area contributed by atoms with E-state index in [-0.39, 0.29) is 11.6 Å². The third-order valence-corrected chi connectivity index (χ3v) is 4.12. The zero-order valence-corrected chi connectivity index (χ0v) is 15.7. The number of aliphatic imine (C=N–C) groups is 1. The lowest BCUT2D eigenvalue weighted by molar-refractivity contribution is 0.0888. The van der Waals surface area contributed by atoms with Crippen molar-refractivity contribution in [2.45, 2.75) is 26.3 Å². The quantitative estimate of drug-likeness (QED) is 0.378. The number of hydrogen-bond donors (Lipinski definition) is 2. The summed E-state index contributed by atoms with van der Waals surface area (Å²) in [6.45, 7) is 7.11. The average molecular weight is 367 g/mol. The molecular formula is C19H30FN3O3. The van der Waals surface area contributed by atoms with E-state index >= 15 is 0 Å². The Morgan fingerprint density at radius 1 is 1.38 bits per heavy atom. The molecule has 146 valence electrons. The zero-order chi connectivity index (χ0) is 18.6. The molecule has 7 heteroatoms. The maximum atomic E-state index is 13.7. The van der Waals surface area contributed by atoms with Crippen molar-refractivity contribution < 1.29 is 18.6 Å². The van der Waals surface area contributed by atoms with Crippen LogP contribution in [0.4, 0.5) is 4.39 Å². The number of nitrogens with one attached hydrogen (secondary N) is 2. The number of halogens is 1. The summed E-state index contributed by atoms with van der Waals surface area (Å²) in [5.41, 5.74) is 0.794. The van der Waals surface area contributed by atoms with Gasteiger partial charge in [-0.3, -0.25) is 0 Å². The minimum absolute atomic E-state index is 0.243. The van der Waals surface area contributed by atoms with Crippen LogP contribution >= 0.6 is 0 Å². The SMILES string of the molecule is CCNC(=NCc1ccc(OC)c(F)c1)NCCCOCC1CCOC1. The van der Waals surface area contributed by atoms with Crippen LogP contribution in [0.5, 0.6) is 5.75 Å². The fourth-order valence-electron chi connectivity index (χ4n) is 2.67. The minimum Gasteiger partial charge on any atom is -0.494 e. The molecule has 1 unspecified atom stereocenters. The van der Waals surface area contributed by atoms with E-state index in [1.54, 1.807) is 6.07 Å². The summed E-state index contributed by atoms with van der Waals surface area (Å²) in [4.78, 5) is 4.49. The Morgan fingerprint density at radius 3 is 2.96 bits per heavy atom. The zero-order valence-electron chi connectivity index (χ0n) is 15.7. The Labute approximate surface area is 155 Å². The van der Waals surface area contributed by atoms with Crippen molar-refractivity contribution in [3.05, 3.63) is 29.6 Å². The molecule has 1 heterocycles. The van der Waals surface area contributed by atoms with Crippen molar-refractivity contribution in [1.29, 1.82) is 0 Å². The van der Waals surface area contributed by atoms with E-state index < -0.39 is 0 Å². The summed E-state index contributed by atoms with van der Waals surface area (Å²) in [6.07, 6.45) is 2.00. The van der Waals surface area contributed by atoms with Crippen molar-refractivity contribution in [3.8, 4) is 5.75 Å². The van der Waals surface area contributed by atoms with Crippen LogP contribution in [0, 0.1) is 11.7 Å². The molecule has 0 saturated carbocycles. The molecule has 1 atom stereocenters. The summed E-state index contributed by atoms with van der Waals surface area (Å²) in [6, 6.07) is 4.88. The van der Waals surface area contributed by atoms with Crippen LogP contribution in [-0.2, 0) is 16.0 Å². The van der Waals surface area contributed by atoms with Crippen LogP contribution in [0.25, 0.3) is 0 Å². The van der Waals surface area contributed by atoms with Crippen LogP contribution < -0.4 is 15.4 Å². The van der Waals surface area contributed by atoms with Crippen LogP contribution in [0.1, 0.15) is 25.3 Å². The molecule has 0 amide bonds. The van der Waals surface area contributed by atoms with Crippen molar-refractivity contribution in [1.82, 2.24) is 10.6 Å². The summed E-state index contributed by atoms with van der Waals surface area (Å²) < 4.78 is 29.7. The normalized spacial score (nSPS) is 17.3. The number of rotatable bonds is 10. The molecule has 0 radical (unpaired) electrons. The number of benzene rings is 1. The first kappa shape index (κ1) is 20.5. The predicted octanol–water partition coefficient (Wildman–Crippen LogP) is 2.33. The number of guanidine groups is 1. The lowest BCUT2D eigenvalue weighted by atomic mass is 10.1. The molecule has 0 bridgehead atoms. The first-order valence-corrected chi connectivity index (χ1v) is 9.23. The molecule has 2 N–H and O–H groups in total. The summed E-state index contributed by atoms with van der Waals surface area (Å²) in [5, 5.41) is 6.46. The van der Waals surface area contributed by atoms with Crippen molar-refractivity contribution in [3.63, 3.8) is 0 Å². The van der Waals surface area contributed by atoms with Crippen LogP contribution in [0.3, 0.4) is 0 Å². The van der Waals surface area contributed by atoms with Gasteiger partial charge in [0.25, 0.3) is 0 Å². The van der Waals surface area contributed by atoms with E-state index in [2.05, 4.69) is 15.6 Å². The van der Waals surface area contributed by atoms with Gasteiger partial charge >= 0.3 is 0 Å². The lowest BCUT2D eigenvalue weighted by Crippen LogP contribution is -2.38. The van der Waals surface area contributed by atoms with Gasteiger partial charge in [0.2, 0.25) is 0 Å². The van der Waals surface area contributed by atoms with Crippen LogP contribution in [0.2, 0.25) is 0 Å². The van der Waals surface area contributed by atoms with Crippen molar-refractivity contribution in [2.75, 3.05) is 46.6 Å². The van der Waals surface area contributed by atoms with Gasteiger partial charge < -0.3 is 24.8 Å². The van der Waals surface area contributed by atoms with Gasteiger partial charge in [0.1, 0.15) is 0 Å². The maximum Gasteiger partial charge on any atom is 0.191 e. The van der Waals surface area contributed by atoms with Crippen LogP contribution in [0.15, 0.2) is 23.2 Å². The molecule has 1 aliphatic rings. The smallest absolute Gasteiger partial charge is 0.191 e. The molecular weight excluding hydrogens is 337 g/mol. The highest BCUT2D eigenvalue weighted by Gasteiger charge is 2.15. The number of methoxy groups -OCH3 is 1. The Morgan fingerprint density at radius 2 is 2.27 bits per heavy atom. The highest BCUT2D eigenvalue weighted by atomic mass is 19.1. The summed E-state index contributed by atoms with van der Waals surface area (Å²) in [5.74, 6) is 1.13. The fourth-order valence-corrected chi connectivity index (χ4v) is 2.67. The minimum atomic E-state index is -0.372. The molecule has 1 saturated heterocycles. The fraction of sp³-hybridized carbons (Fsp3) is 0.632. The van der Waals surface area contributed by atoms with E-state index in [0.717, 1.165) is 51.3 Å². The topological polar surface area (TPSA) is 64.1 Å². The number of hydrogen-bond acceptors (Lipinski definition) is 4. The first-order chi connectivity index (χ1) is 12.7. The van der Waals surface area contributed by atoms with Gasteiger partial charge in [0.05, 0.1) is 26.9 Å². The number of nitrogens with zero attached hydrogens (tertiary/aromatic N) is 1. The molecule has 26 heavy (non-hydrogen) atoms. The molecule has 0 spiro atoms. The van der Waals surface area contributed by atoms with E-state index in [4.69, 9.17) is 14.2 Å². The Hall–Kier alpha value is -1.86. The van der Waals surface area contributed by atoms with E-state index in [1.165, 1.54) is 13.2 Å². The molecule has 0 aliphatic carbocycles. The van der Waals surface area contributed by atoms with Gasteiger partial charge in [-0.25, -0.2) is 9.38 Å². The molecule has 6 nitrogen and oxygen atoms in total. The summed E-state index contributed by atoms with van der Waals surface area (Å²) in [7, 11) is 1.45. The average Bonchev–Trinajstić information content (AvgIpc) is 3.16.